The van der Waals surface area contributed by atoms with Gasteiger partial charge in [0.15, 0.2) is 5.16 Å². The molecule has 3 rings (SSSR count). The Bertz CT molecular complexity index is 903. The summed E-state index contributed by atoms with van der Waals surface area (Å²) in [6.45, 7) is 4.06. The molecule has 7 heteroatoms. The third-order valence-corrected chi connectivity index (χ3v) is 5.04. The van der Waals surface area contributed by atoms with Crippen LogP contribution < -0.4 is 5.56 Å². The third-order valence-electron chi connectivity index (χ3n) is 3.59. The molecular formula is C16H17ClN4OS. The highest BCUT2D eigenvalue weighted by Crippen LogP contribution is 2.19. The Morgan fingerprint density at radius 3 is 2.83 bits per heavy atom. The summed E-state index contributed by atoms with van der Waals surface area (Å²) in [5.74, 6) is 0.969. The third kappa shape index (κ3) is 3.14. The summed E-state index contributed by atoms with van der Waals surface area (Å²) in [4.78, 5) is 12.7. The van der Waals surface area contributed by atoms with Crippen LogP contribution in [-0.4, -0.2) is 24.9 Å². The summed E-state index contributed by atoms with van der Waals surface area (Å²) >= 11 is 7.67. The molecule has 0 aliphatic rings. The van der Waals surface area contributed by atoms with Crippen molar-refractivity contribution >= 4 is 29.0 Å². The standard InChI is InChI=1S/C16H17ClN4OS/c1-3-4-9-23-16-19-18-14-15(22)20(7-8-21(14)16)12-5-6-13(17)11(2)10-12/h5-8,10H,3-4,9H2,1-2H3. The van der Waals surface area contributed by atoms with Gasteiger partial charge in [-0.1, -0.05) is 36.7 Å². The Labute approximate surface area is 143 Å². The molecule has 1 aromatic carbocycles. The molecule has 0 aliphatic carbocycles. The summed E-state index contributed by atoms with van der Waals surface area (Å²) < 4.78 is 3.32. The number of hydrogen-bond donors (Lipinski definition) is 0. The SMILES string of the molecule is CCCCSc1nnc2c(=O)n(-c3ccc(Cl)c(C)c3)ccn12. The number of thioether (sulfide) groups is 1. The lowest BCUT2D eigenvalue weighted by Crippen LogP contribution is -2.20. The van der Waals surface area contributed by atoms with Crippen LogP contribution in [0.2, 0.25) is 5.02 Å². The smallest absolute Gasteiger partial charge is 0.280 e. The van der Waals surface area contributed by atoms with Crippen molar-refractivity contribution in [2.45, 2.75) is 31.8 Å². The maximum absolute atomic E-state index is 12.7. The fourth-order valence-corrected chi connectivity index (χ4v) is 3.37. The number of unbranched alkanes of at least 4 members (excludes halogenated alkanes) is 1. The highest BCUT2D eigenvalue weighted by atomic mass is 35.5. The number of fused-ring (bicyclic) bond motifs is 1. The first-order valence-electron chi connectivity index (χ1n) is 7.47. The second-order valence-electron chi connectivity index (χ2n) is 5.28. The molecule has 2 heterocycles. The lowest BCUT2D eigenvalue weighted by atomic mass is 10.2. The maximum Gasteiger partial charge on any atom is 0.300 e. The van der Waals surface area contributed by atoms with E-state index in [0.29, 0.717) is 10.7 Å². The van der Waals surface area contributed by atoms with E-state index >= 15 is 0 Å². The number of hydrogen-bond acceptors (Lipinski definition) is 4. The van der Waals surface area contributed by atoms with Crippen LogP contribution >= 0.6 is 23.4 Å². The highest BCUT2D eigenvalue weighted by Gasteiger charge is 2.12. The molecule has 0 saturated heterocycles. The average Bonchev–Trinajstić information content (AvgIpc) is 2.95. The van der Waals surface area contributed by atoms with Gasteiger partial charge in [-0.25, -0.2) is 0 Å². The number of nitrogens with zero attached hydrogens (tertiary/aromatic N) is 4. The molecular weight excluding hydrogens is 332 g/mol. The molecule has 0 saturated carbocycles. The Kier molecular flexibility index (Phi) is 4.73. The summed E-state index contributed by atoms with van der Waals surface area (Å²) in [7, 11) is 0. The topological polar surface area (TPSA) is 52.2 Å². The Morgan fingerprint density at radius 1 is 1.26 bits per heavy atom. The van der Waals surface area contributed by atoms with Gasteiger partial charge < -0.3 is 0 Å². The fraction of sp³-hybridized carbons (Fsp3) is 0.312. The maximum atomic E-state index is 12.7. The summed E-state index contributed by atoms with van der Waals surface area (Å²) in [6, 6.07) is 5.49. The molecule has 120 valence electrons. The molecule has 0 N–H and O–H groups in total. The lowest BCUT2D eigenvalue weighted by Gasteiger charge is -2.08. The molecule has 2 aromatic heterocycles. The number of halogens is 1. The number of rotatable bonds is 5. The quantitative estimate of drug-likeness (QED) is 0.520. The van der Waals surface area contributed by atoms with Crippen LogP contribution in [0.4, 0.5) is 0 Å². The first-order valence-corrected chi connectivity index (χ1v) is 8.84. The highest BCUT2D eigenvalue weighted by molar-refractivity contribution is 7.99. The Balaban J connectivity index is 2.02. The van der Waals surface area contributed by atoms with Gasteiger partial charge in [0.2, 0.25) is 5.65 Å². The fourth-order valence-electron chi connectivity index (χ4n) is 2.25. The van der Waals surface area contributed by atoms with E-state index in [1.165, 1.54) is 0 Å². The molecule has 3 aromatic rings. The molecule has 0 spiro atoms. The average molecular weight is 349 g/mol. The largest absolute Gasteiger partial charge is 0.300 e. The summed E-state index contributed by atoms with van der Waals surface area (Å²) in [6.07, 6.45) is 5.81. The van der Waals surface area contributed by atoms with E-state index in [1.54, 1.807) is 33.0 Å². The van der Waals surface area contributed by atoms with E-state index in [9.17, 15) is 4.79 Å². The van der Waals surface area contributed by atoms with Crippen LogP contribution in [0.3, 0.4) is 0 Å². The second kappa shape index (κ2) is 6.76. The minimum Gasteiger partial charge on any atom is -0.280 e. The van der Waals surface area contributed by atoms with Gasteiger partial charge in [-0.3, -0.25) is 13.8 Å². The van der Waals surface area contributed by atoms with E-state index in [1.807, 2.05) is 25.3 Å². The van der Waals surface area contributed by atoms with Crippen LogP contribution in [-0.2, 0) is 0 Å². The Morgan fingerprint density at radius 2 is 2.09 bits per heavy atom. The summed E-state index contributed by atoms with van der Waals surface area (Å²) in [5.41, 5.74) is 1.83. The van der Waals surface area contributed by atoms with Gasteiger partial charge in [0.25, 0.3) is 0 Å². The minimum atomic E-state index is -0.191. The normalized spacial score (nSPS) is 11.3. The van der Waals surface area contributed by atoms with E-state index in [2.05, 4.69) is 17.1 Å². The zero-order chi connectivity index (χ0) is 16.4. The summed E-state index contributed by atoms with van der Waals surface area (Å²) in [5, 5.41) is 9.63. The molecule has 0 amide bonds. The van der Waals surface area contributed by atoms with Crippen LogP contribution in [0.5, 0.6) is 0 Å². The van der Waals surface area contributed by atoms with Crippen molar-refractivity contribution in [1.82, 2.24) is 19.2 Å². The van der Waals surface area contributed by atoms with E-state index in [-0.39, 0.29) is 5.56 Å². The van der Waals surface area contributed by atoms with Crippen molar-refractivity contribution < 1.29 is 0 Å². The lowest BCUT2D eigenvalue weighted by molar-refractivity contribution is 0.872. The van der Waals surface area contributed by atoms with Crippen LogP contribution in [0, 0.1) is 6.92 Å². The van der Waals surface area contributed by atoms with Crippen LogP contribution in [0.15, 0.2) is 40.5 Å². The monoisotopic (exact) mass is 348 g/mol. The molecule has 0 fully saturated rings. The van der Waals surface area contributed by atoms with E-state index < -0.39 is 0 Å². The first kappa shape index (κ1) is 16.1. The Hall–Kier alpha value is -1.79. The van der Waals surface area contributed by atoms with Gasteiger partial charge in [-0.05, 0) is 37.1 Å². The predicted molar refractivity (Wildman–Crippen MR) is 94.0 cm³/mol. The molecule has 0 aliphatic heterocycles. The first-order chi connectivity index (χ1) is 11.1. The van der Waals surface area contributed by atoms with Gasteiger partial charge in [0.05, 0.1) is 0 Å². The van der Waals surface area contributed by atoms with Crippen molar-refractivity contribution in [3.63, 3.8) is 0 Å². The van der Waals surface area contributed by atoms with Crippen molar-refractivity contribution in [3.8, 4) is 5.69 Å². The van der Waals surface area contributed by atoms with Crippen LogP contribution in [0.1, 0.15) is 25.3 Å². The number of aromatic nitrogens is 4. The van der Waals surface area contributed by atoms with E-state index in [4.69, 9.17) is 11.6 Å². The zero-order valence-electron chi connectivity index (χ0n) is 13.0. The van der Waals surface area contributed by atoms with Gasteiger partial charge in [-0.2, -0.15) is 0 Å². The molecule has 0 atom stereocenters. The predicted octanol–water partition coefficient (Wildman–Crippen LogP) is 3.73. The molecule has 0 bridgehead atoms. The van der Waals surface area contributed by atoms with Crippen molar-refractivity contribution in [1.29, 1.82) is 0 Å². The van der Waals surface area contributed by atoms with Crippen LogP contribution in [0.25, 0.3) is 11.3 Å². The van der Waals surface area contributed by atoms with Gasteiger partial charge >= 0.3 is 5.56 Å². The number of benzene rings is 1. The molecule has 0 radical (unpaired) electrons. The van der Waals surface area contributed by atoms with Gasteiger partial charge in [0.1, 0.15) is 0 Å². The van der Waals surface area contributed by atoms with Crippen molar-refractivity contribution in [2.24, 2.45) is 0 Å². The van der Waals surface area contributed by atoms with Crippen molar-refractivity contribution in [3.05, 3.63) is 51.5 Å². The van der Waals surface area contributed by atoms with Gasteiger partial charge in [0, 0.05) is 28.9 Å². The van der Waals surface area contributed by atoms with Gasteiger partial charge in [-0.15, -0.1) is 10.2 Å². The molecule has 0 unspecified atom stereocenters. The zero-order valence-corrected chi connectivity index (χ0v) is 14.6. The molecule has 23 heavy (non-hydrogen) atoms. The van der Waals surface area contributed by atoms with E-state index in [0.717, 1.165) is 35.0 Å². The number of aryl methyl sites for hydroxylation is 1. The minimum absolute atomic E-state index is 0.191. The second-order valence-corrected chi connectivity index (χ2v) is 6.75. The van der Waals surface area contributed by atoms with Crippen molar-refractivity contribution in [2.75, 3.05) is 5.75 Å². The molecule has 5 nitrogen and oxygen atoms in total.